The minimum Gasteiger partial charge on any atom is -0.444 e. The van der Waals surface area contributed by atoms with Gasteiger partial charge >= 0.3 is 6.09 Å². The maximum Gasteiger partial charge on any atom is 0.410 e. The summed E-state index contributed by atoms with van der Waals surface area (Å²) in [7, 11) is 0. The standard InChI is InChI=1S/C15H21ClN2O3S/c1-15(2,3)21-14(20)18-8-4-5-10(9-18)17-13(19)11-6-7-12(16)22-11/h6-7,10H,4-5,8-9H2,1-3H3,(H,17,19). The van der Waals surface area contributed by atoms with Crippen molar-refractivity contribution in [2.45, 2.75) is 45.3 Å². The molecule has 1 aromatic heterocycles. The van der Waals surface area contributed by atoms with Gasteiger partial charge in [0, 0.05) is 19.1 Å². The molecule has 0 bridgehead atoms. The Hall–Kier alpha value is -1.27. The lowest BCUT2D eigenvalue weighted by molar-refractivity contribution is 0.0186. The number of nitrogens with one attached hydrogen (secondary N) is 1. The molecule has 7 heteroatoms. The number of ether oxygens (including phenoxy) is 1. The maximum absolute atomic E-state index is 12.1. The van der Waals surface area contributed by atoms with E-state index in [2.05, 4.69) is 5.32 Å². The Morgan fingerprint density at radius 2 is 2.14 bits per heavy atom. The van der Waals surface area contributed by atoms with Crippen LogP contribution in [0.3, 0.4) is 0 Å². The number of carbonyl (C=O) groups is 2. The van der Waals surface area contributed by atoms with Gasteiger partial charge in [0.1, 0.15) is 5.60 Å². The van der Waals surface area contributed by atoms with E-state index in [0.29, 0.717) is 22.3 Å². The van der Waals surface area contributed by atoms with Gasteiger partial charge in [-0.1, -0.05) is 11.6 Å². The van der Waals surface area contributed by atoms with Gasteiger partial charge in [-0.15, -0.1) is 11.3 Å². The van der Waals surface area contributed by atoms with Crippen LogP contribution >= 0.6 is 22.9 Å². The van der Waals surface area contributed by atoms with E-state index in [4.69, 9.17) is 16.3 Å². The van der Waals surface area contributed by atoms with Gasteiger partial charge in [-0.05, 0) is 45.7 Å². The maximum atomic E-state index is 12.1. The summed E-state index contributed by atoms with van der Waals surface area (Å²) in [6.07, 6.45) is 1.37. The molecule has 0 spiro atoms. The molecule has 2 rings (SSSR count). The fourth-order valence-electron chi connectivity index (χ4n) is 2.28. The van der Waals surface area contributed by atoms with Crippen LogP contribution in [0.1, 0.15) is 43.3 Å². The van der Waals surface area contributed by atoms with Crippen LogP contribution in [0, 0.1) is 0 Å². The highest BCUT2D eigenvalue weighted by atomic mass is 35.5. The summed E-state index contributed by atoms with van der Waals surface area (Å²) in [5.74, 6) is -0.145. The van der Waals surface area contributed by atoms with Crippen LogP contribution in [0.5, 0.6) is 0 Å². The van der Waals surface area contributed by atoms with E-state index >= 15 is 0 Å². The third-order valence-electron chi connectivity index (χ3n) is 3.21. The minimum atomic E-state index is -0.513. The number of hydrogen-bond acceptors (Lipinski definition) is 4. The third-order valence-corrected chi connectivity index (χ3v) is 4.44. The molecule has 1 aliphatic rings. The lowest BCUT2D eigenvalue weighted by atomic mass is 10.1. The highest BCUT2D eigenvalue weighted by Gasteiger charge is 2.28. The van der Waals surface area contributed by atoms with E-state index in [1.807, 2.05) is 20.8 Å². The van der Waals surface area contributed by atoms with Crippen LogP contribution in [0.15, 0.2) is 12.1 Å². The SMILES string of the molecule is CC(C)(C)OC(=O)N1CCCC(NC(=O)c2ccc(Cl)s2)C1. The van der Waals surface area contributed by atoms with Crippen molar-refractivity contribution in [1.29, 1.82) is 0 Å². The van der Waals surface area contributed by atoms with Gasteiger partial charge in [-0.3, -0.25) is 4.79 Å². The topological polar surface area (TPSA) is 58.6 Å². The van der Waals surface area contributed by atoms with Gasteiger partial charge < -0.3 is 15.0 Å². The first kappa shape index (κ1) is 17.1. The van der Waals surface area contributed by atoms with Gasteiger partial charge in [0.15, 0.2) is 0 Å². The molecule has 0 aliphatic carbocycles. The third kappa shape index (κ3) is 4.88. The zero-order chi connectivity index (χ0) is 16.3. The molecule has 0 saturated carbocycles. The quantitative estimate of drug-likeness (QED) is 0.892. The first-order valence-electron chi connectivity index (χ1n) is 7.29. The van der Waals surface area contributed by atoms with Crippen molar-refractivity contribution in [2.75, 3.05) is 13.1 Å². The molecule has 1 aliphatic heterocycles. The van der Waals surface area contributed by atoms with Crippen LogP contribution in [-0.4, -0.2) is 41.6 Å². The van der Waals surface area contributed by atoms with Crippen LogP contribution < -0.4 is 5.32 Å². The summed E-state index contributed by atoms with van der Waals surface area (Å²) in [6, 6.07) is 3.35. The zero-order valence-corrected chi connectivity index (χ0v) is 14.6. The molecule has 1 saturated heterocycles. The molecular formula is C15H21ClN2O3S. The Labute approximate surface area is 139 Å². The van der Waals surface area contributed by atoms with Gasteiger partial charge in [0.05, 0.1) is 9.21 Å². The van der Waals surface area contributed by atoms with Gasteiger partial charge in [-0.2, -0.15) is 0 Å². The molecule has 1 fully saturated rings. The van der Waals surface area contributed by atoms with E-state index in [0.717, 1.165) is 12.8 Å². The smallest absolute Gasteiger partial charge is 0.410 e. The number of piperidine rings is 1. The largest absolute Gasteiger partial charge is 0.444 e. The molecule has 1 atom stereocenters. The van der Waals surface area contributed by atoms with Crippen molar-refractivity contribution in [1.82, 2.24) is 10.2 Å². The first-order chi connectivity index (χ1) is 10.2. The first-order valence-corrected chi connectivity index (χ1v) is 8.48. The normalized spacial score (nSPS) is 18.9. The van der Waals surface area contributed by atoms with Crippen molar-refractivity contribution >= 4 is 34.9 Å². The van der Waals surface area contributed by atoms with Crippen molar-refractivity contribution in [3.63, 3.8) is 0 Å². The fraction of sp³-hybridized carbons (Fsp3) is 0.600. The molecule has 22 heavy (non-hydrogen) atoms. The van der Waals surface area contributed by atoms with E-state index < -0.39 is 5.60 Å². The molecule has 2 heterocycles. The van der Waals surface area contributed by atoms with Crippen LogP contribution in [0.4, 0.5) is 4.79 Å². The van der Waals surface area contributed by atoms with Gasteiger partial charge in [-0.25, -0.2) is 4.79 Å². The van der Waals surface area contributed by atoms with Crippen LogP contribution in [-0.2, 0) is 4.74 Å². The molecule has 2 amide bonds. The van der Waals surface area contributed by atoms with E-state index in [9.17, 15) is 9.59 Å². The summed E-state index contributed by atoms with van der Waals surface area (Å²) >= 11 is 7.09. The number of rotatable bonds is 2. The summed E-state index contributed by atoms with van der Waals surface area (Å²) < 4.78 is 5.96. The summed E-state index contributed by atoms with van der Waals surface area (Å²) in [5, 5.41) is 2.96. The second-order valence-electron chi connectivity index (χ2n) is 6.34. The summed E-state index contributed by atoms with van der Waals surface area (Å²) in [4.78, 5) is 26.5. The minimum absolute atomic E-state index is 0.0605. The number of thiophene rings is 1. The Balaban J connectivity index is 1.90. The molecule has 1 N–H and O–H groups in total. The van der Waals surface area contributed by atoms with Crippen molar-refractivity contribution < 1.29 is 14.3 Å². The Morgan fingerprint density at radius 1 is 1.41 bits per heavy atom. The number of hydrogen-bond donors (Lipinski definition) is 1. The molecule has 0 radical (unpaired) electrons. The Kier molecular flexibility index (Phi) is 5.34. The Bertz CT molecular complexity index is 553. The summed E-state index contributed by atoms with van der Waals surface area (Å²) in [5.41, 5.74) is -0.513. The van der Waals surface area contributed by atoms with E-state index in [1.54, 1.807) is 17.0 Å². The highest BCUT2D eigenvalue weighted by Crippen LogP contribution is 2.22. The van der Waals surface area contributed by atoms with Crippen molar-refractivity contribution in [2.24, 2.45) is 0 Å². The molecule has 0 aromatic carbocycles. The van der Waals surface area contributed by atoms with Crippen LogP contribution in [0.25, 0.3) is 0 Å². The number of nitrogens with zero attached hydrogens (tertiary/aromatic N) is 1. The summed E-state index contributed by atoms with van der Waals surface area (Å²) in [6.45, 7) is 6.66. The van der Waals surface area contributed by atoms with Gasteiger partial charge in [0.25, 0.3) is 5.91 Å². The predicted octanol–water partition coefficient (Wildman–Crippen LogP) is 3.53. The second-order valence-corrected chi connectivity index (χ2v) is 8.06. The van der Waals surface area contributed by atoms with E-state index in [1.165, 1.54) is 11.3 Å². The molecule has 5 nitrogen and oxygen atoms in total. The number of carbonyl (C=O) groups excluding carboxylic acids is 2. The lowest BCUT2D eigenvalue weighted by Gasteiger charge is -2.34. The monoisotopic (exact) mass is 344 g/mol. The molecule has 1 unspecified atom stereocenters. The van der Waals surface area contributed by atoms with E-state index in [-0.39, 0.29) is 18.0 Å². The number of halogens is 1. The average Bonchev–Trinajstić information content (AvgIpc) is 2.84. The lowest BCUT2D eigenvalue weighted by Crippen LogP contribution is -2.50. The second kappa shape index (κ2) is 6.87. The predicted molar refractivity (Wildman–Crippen MR) is 87.6 cm³/mol. The highest BCUT2D eigenvalue weighted by molar-refractivity contribution is 7.17. The zero-order valence-electron chi connectivity index (χ0n) is 13.0. The number of likely N-dealkylation sites (tertiary alicyclic amines) is 1. The van der Waals surface area contributed by atoms with Crippen molar-refractivity contribution in [3.8, 4) is 0 Å². The molecule has 1 aromatic rings. The Morgan fingerprint density at radius 3 is 2.73 bits per heavy atom. The molecule has 122 valence electrons. The number of amides is 2. The average molecular weight is 345 g/mol. The van der Waals surface area contributed by atoms with Gasteiger partial charge in [0.2, 0.25) is 0 Å². The fourth-order valence-corrected chi connectivity index (χ4v) is 3.23. The van der Waals surface area contributed by atoms with Crippen LogP contribution in [0.2, 0.25) is 4.34 Å². The molecular weight excluding hydrogens is 324 g/mol. The van der Waals surface area contributed by atoms with Crippen molar-refractivity contribution in [3.05, 3.63) is 21.3 Å².